The molecule has 1 amide bonds. The second kappa shape index (κ2) is 7.82. The fourth-order valence-corrected chi connectivity index (χ4v) is 4.02. The van der Waals surface area contributed by atoms with Crippen molar-refractivity contribution >= 4 is 11.6 Å². The van der Waals surface area contributed by atoms with E-state index in [1.54, 1.807) is 13.4 Å². The number of aromatic nitrogens is 1. The smallest absolute Gasteiger partial charge is 0.260 e. The third-order valence-electron chi connectivity index (χ3n) is 5.98. The van der Waals surface area contributed by atoms with Crippen molar-refractivity contribution in [2.24, 2.45) is 5.92 Å². The van der Waals surface area contributed by atoms with Crippen molar-refractivity contribution in [2.45, 2.75) is 46.2 Å². The Balaban J connectivity index is 1.68. The van der Waals surface area contributed by atoms with E-state index in [1.807, 2.05) is 61.2 Å². The van der Waals surface area contributed by atoms with Gasteiger partial charge in [-0.1, -0.05) is 0 Å². The SMILES string of the molecule is COc1ccc(N(C(=O)c2cc(C)n(Cc3ccco3)c2C)C(C)C2CC2)cc1. The molecule has 1 saturated carbocycles. The molecule has 1 aliphatic carbocycles. The molecule has 0 aliphatic heterocycles. The Bertz CT molecular complexity index is 982. The number of ether oxygens (including phenoxy) is 1. The number of nitrogens with zero attached hydrogens (tertiary/aromatic N) is 2. The summed E-state index contributed by atoms with van der Waals surface area (Å²) in [7, 11) is 1.65. The maximum absolute atomic E-state index is 13.7. The number of hydrogen-bond acceptors (Lipinski definition) is 3. The molecule has 1 aliphatic rings. The van der Waals surface area contributed by atoms with Gasteiger partial charge in [-0.15, -0.1) is 0 Å². The molecule has 5 heteroatoms. The summed E-state index contributed by atoms with van der Waals surface area (Å²) in [4.78, 5) is 15.7. The molecule has 1 atom stereocenters. The quantitative estimate of drug-likeness (QED) is 0.555. The van der Waals surface area contributed by atoms with Crippen LogP contribution < -0.4 is 9.64 Å². The van der Waals surface area contributed by atoms with Crippen LogP contribution in [0, 0.1) is 19.8 Å². The lowest BCUT2D eigenvalue weighted by atomic mass is 10.1. The van der Waals surface area contributed by atoms with Crippen LogP contribution in [0.15, 0.2) is 53.1 Å². The molecule has 0 saturated heterocycles. The molecular weight excluding hydrogens is 364 g/mol. The number of furan rings is 1. The van der Waals surface area contributed by atoms with Crippen molar-refractivity contribution in [3.63, 3.8) is 0 Å². The molecule has 1 fully saturated rings. The first-order valence-corrected chi connectivity index (χ1v) is 10.2. The van der Waals surface area contributed by atoms with Crippen LogP contribution in [0.25, 0.3) is 0 Å². The summed E-state index contributed by atoms with van der Waals surface area (Å²) < 4.78 is 12.9. The first-order valence-electron chi connectivity index (χ1n) is 10.2. The molecule has 2 aromatic heterocycles. The molecule has 1 unspecified atom stereocenters. The van der Waals surface area contributed by atoms with Gasteiger partial charge < -0.3 is 18.6 Å². The van der Waals surface area contributed by atoms with Gasteiger partial charge in [0.05, 0.1) is 25.5 Å². The zero-order chi connectivity index (χ0) is 20.5. The highest BCUT2D eigenvalue weighted by molar-refractivity contribution is 6.07. The lowest BCUT2D eigenvalue weighted by molar-refractivity contribution is 0.0975. The van der Waals surface area contributed by atoms with Crippen LogP contribution in [0.2, 0.25) is 0 Å². The maximum Gasteiger partial charge on any atom is 0.260 e. The molecule has 0 spiro atoms. The fraction of sp³-hybridized carbons (Fsp3) is 0.375. The predicted octanol–water partition coefficient (Wildman–Crippen LogP) is 5.20. The van der Waals surface area contributed by atoms with Crippen LogP contribution in [-0.2, 0) is 6.54 Å². The van der Waals surface area contributed by atoms with E-state index in [9.17, 15) is 4.79 Å². The van der Waals surface area contributed by atoms with Gasteiger partial charge in [0, 0.05) is 23.1 Å². The number of carbonyl (C=O) groups excluding carboxylic acids is 1. The van der Waals surface area contributed by atoms with E-state index in [0.717, 1.165) is 34.1 Å². The van der Waals surface area contributed by atoms with Gasteiger partial charge in [-0.25, -0.2) is 0 Å². The van der Waals surface area contributed by atoms with Crippen molar-refractivity contribution in [3.05, 3.63) is 71.4 Å². The summed E-state index contributed by atoms with van der Waals surface area (Å²) in [6.07, 6.45) is 4.04. The van der Waals surface area contributed by atoms with Crippen LogP contribution in [-0.4, -0.2) is 23.6 Å². The second-order valence-electron chi connectivity index (χ2n) is 7.90. The Kier molecular flexibility index (Phi) is 5.22. The van der Waals surface area contributed by atoms with E-state index in [-0.39, 0.29) is 11.9 Å². The zero-order valence-corrected chi connectivity index (χ0v) is 17.5. The highest BCUT2D eigenvalue weighted by Crippen LogP contribution is 2.38. The van der Waals surface area contributed by atoms with E-state index in [1.165, 1.54) is 12.8 Å². The molecule has 5 nitrogen and oxygen atoms in total. The molecule has 0 N–H and O–H groups in total. The largest absolute Gasteiger partial charge is 0.497 e. The summed E-state index contributed by atoms with van der Waals surface area (Å²) in [6.45, 7) is 6.83. The number of benzene rings is 1. The monoisotopic (exact) mass is 392 g/mol. The first kappa shape index (κ1) is 19.4. The molecule has 29 heavy (non-hydrogen) atoms. The Hall–Kier alpha value is -2.95. The predicted molar refractivity (Wildman–Crippen MR) is 114 cm³/mol. The summed E-state index contributed by atoms with van der Waals surface area (Å²) >= 11 is 0. The maximum atomic E-state index is 13.7. The summed E-state index contributed by atoms with van der Waals surface area (Å²) in [5.41, 5.74) is 3.67. The third kappa shape index (κ3) is 3.82. The average Bonchev–Trinajstić information content (AvgIpc) is 3.39. The molecule has 0 radical (unpaired) electrons. The normalized spacial score (nSPS) is 14.6. The number of amides is 1. The fourth-order valence-electron chi connectivity index (χ4n) is 4.02. The van der Waals surface area contributed by atoms with E-state index < -0.39 is 0 Å². The molecular formula is C24H28N2O3. The molecule has 152 valence electrons. The number of methoxy groups -OCH3 is 1. The summed E-state index contributed by atoms with van der Waals surface area (Å²) in [5.74, 6) is 2.28. The van der Waals surface area contributed by atoms with E-state index in [4.69, 9.17) is 9.15 Å². The Morgan fingerprint density at radius 2 is 1.97 bits per heavy atom. The van der Waals surface area contributed by atoms with Gasteiger partial charge >= 0.3 is 0 Å². The topological polar surface area (TPSA) is 47.6 Å². The van der Waals surface area contributed by atoms with Gasteiger partial charge in [0.2, 0.25) is 0 Å². The highest BCUT2D eigenvalue weighted by Gasteiger charge is 2.36. The molecule has 3 aromatic rings. The molecule has 2 heterocycles. The lowest BCUT2D eigenvalue weighted by Crippen LogP contribution is -2.40. The van der Waals surface area contributed by atoms with Crippen LogP contribution in [0.4, 0.5) is 5.69 Å². The summed E-state index contributed by atoms with van der Waals surface area (Å²) in [5, 5.41) is 0. The standard InChI is InChI=1S/C24H28N2O3/c1-16-14-23(18(3)25(16)15-22-6-5-13-29-22)24(27)26(17(2)19-7-8-19)20-9-11-21(28-4)12-10-20/h5-6,9-14,17,19H,7-8,15H2,1-4H3. The number of hydrogen-bond donors (Lipinski definition) is 0. The first-order chi connectivity index (χ1) is 14.0. The minimum atomic E-state index is 0.0494. The minimum Gasteiger partial charge on any atom is -0.497 e. The van der Waals surface area contributed by atoms with Crippen molar-refractivity contribution < 1.29 is 13.9 Å². The number of carbonyl (C=O) groups is 1. The van der Waals surface area contributed by atoms with Crippen molar-refractivity contribution in [1.29, 1.82) is 0 Å². The van der Waals surface area contributed by atoms with Crippen LogP contribution in [0.5, 0.6) is 5.75 Å². The van der Waals surface area contributed by atoms with Gasteiger partial charge in [-0.2, -0.15) is 0 Å². The van der Waals surface area contributed by atoms with Crippen LogP contribution in [0.3, 0.4) is 0 Å². The van der Waals surface area contributed by atoms with E-state index >= 15 is 0 Å². The zero-order valence-electron chi connectivity index (χ0n) is 17.5. The number of anilines is 1. The minimum absolute atomic E-state index is 0.0494. The Morgan fingerprint density at radius 1 is 1.24 bits per heavy atom. The molecule has 1 aromatic carbocycles. The number of aryl methyl sites for hydroxylation is 1. The highest BCUT2D eigenvalue weighted by atomic mass is 16.5. The van der Waals surface area contributed by atoms with Crippen LogP contribution >= 0.6 is 0 Å². The second-order valence-corrected chi connectivity index (χ2v) is 7.90. The van der Waals surface area contributed by atoms with Gasteiger partial charge in [-0.3, -0.25) is 4.79 Å². The molecule has 0 bridgehead atoms. The van der Waals surface area contributed by atoms with E-state index in [2.05, 4.69) is 11.5 Å². The Labute approximate surface area is 171 Å². The van der Waals surface area contributed by atoms with Gasteiger partial charge in [0.15, 0.2) is 0 Å². The van der Waals surface area contributed by atoms with Gasteiger partial charge in [0.1, 0.15) is 11.5 Å². The van der Waals surface area contributed by atoms with Crippen molar-refractivity contribution in [1.82, 2.24) is 4.57 Å². The van der Waals surface area contributed by atoms with Crippen molar-refractivity contribution in [3.8, 4) is 5.75 Å². The van der Waals surface area contributed by atoms with Crippen LogP contribution in [0.1, 0.15) is 47.3 Å². The number of rotatable bonds is 7. The van der Waals surface area contributed by atoms with E-state index in [0.29, 0.717) is 12.5 Å². The lowest BCUT2D eigenvalue weighted by Gasteiger charge is -2.30. The summed E-state index contributed by atoms with van der Waals surface area (Å²) in [6, 6.07) is 13.8. The Morgan fingerprint density at radius 3 is 2.55 bits per heavy atom. The van der Waals surface area contributed by atoms with Gasteiger partial charge in [-0.05, 0) is 82.0 Å². The average molecular weight is 392 g/mol. The van der Waals surface area contributed by atoms with Crippen molar-refractivity contribution in [2.75, 3.05) is 12.0 Å². The molecule has 4 rings (SSSR count). The third-order valence-corrected chi connectivity index (χ3v) is 5.98. The van der Waals surface area contributed by atoms with Gasteiger partial charge in [0.25, 0.3) is 5.91 Å².